The van der Waals surface area contributed by atoms with E-state index in [2.05, 4.69) is 59.6 Å². The van der Waals surface area contributed by atoms with E-state index in [0.717, 1.165) is 30.8 Å². The van der Waals surface area contributed by atoms with Crippen molar-refractivity contribution < 1.29 is 9.90 Å². The van der Waals surface area contributed by atoms with Gasteiger partial charge >= 0.3 is 5.97 Å². The third-order valence-corrected chi connectivity index (χ3v) is 5.62. The van der Waals surface area contributed by atoms with Crippen LogP contribution in [0.25, 0.3) is 10.8 Å². The maximum atomic E-state index is 10.8. The van der Waals surface area contributed by atoms with Crippen molar-refractivity contribution in [1.82, 2.24) is 5.32 Å². The van der Waals surface area contributed by atoms with Crippen LogP contribution in [-0.4, -0.2) is 30.2 Å². The summed E-state index contributed by atoms with van der Waals surface area (Å²) in [5.74, 6) is -0.791. The van der Waals surface area contributed by atoms with Gasteiger partial charge in [-0.05, 0) is 47.4 Å². The van der Waals surface area contributed by atoms with Crippen LogP contribution < -0.4 is 10.2 Å². The summed E-state index contributed by atoms with van der Waals surface area (Å²) < 4.78 is 0. The largest absolute Gasteiger partial charge is 0.481 e. The Kier molecular flexibility index (Phi) is 5.31. The number of nitrogens with zero attached hydrogens (tertiary/aromatic N) is 1. The van der Waals surface area contributed by atoms with Crippen LogP contribution in [0.15, 0.2) is 66.7 Å². The fourth-order valence-corrected chi connectivity index (χ4v) is 4.20. The van der Waals surface area contributed by atoms with Gasteiger partial charge in [-0.3, -0.25) is 4.79 Å². The van der Waals surface area contributed by atoms with Gasteiger partial charge in [-0.2, -0.15) is 0 Å². The predicted molar refractivity (Wildman–Crippen MR) is 114 cm³/mol. The summed E-state index contributed by atoms with van der Waals surface area (Å²) in [6.45, 7) is 4.22. The second kappa shape index (κ2) is 8.03. The summed E-state index contributed by atoms with van der Waals surface area (Å²) in [6.07, 6.45) is 1.18. The van der Waals surface area contributed by atoms with E-state index in [-0.39, 0.29) is 12.5 Å². The lowest BCUT2D eigenvalue weighted by Crippen LogP contribution is -2.34. The molecule has 28 heavy (non-hydrogen) atoms. The number of rotatable bonds is 6. The SMILES string of the molecule is CC(N[C@H]1CCN(c2ccc(CC(=O)O)cc2)C1)c1cccc2ccccc12. The molecule has 0 aromatic heterocycles. The first-order valence-electron chi connectivity index (χ1n) is 9.89. The second-order valence-electron chi connectivity index (χ2n) is 7.63. The quantitative estimate of drug-likeness (QED) is 0.672. The van der Waals surface area contributed by atoms with Crippen LogP contribution in [0, 0.1) is 0 Å². The summed E-state index contributed by atoms with van der Waals surface area (Å²) >= 11 is 0. The molecule has 0 radical (unpaired) electrons. The van der Waals surface area contributed by atoms with E-state index < -0.39 is 5.97 Å². The number of benzene rings is 3. The molecule has 0 amide bonds. The minimum absolute atomic E-state index is 0.0764. The molecule has 2 atom stereocenters. The van der Waals surface area contributed by atoms with E-state index in [1.54, 1.807) is 0 Å². The zero-order valence-electron chi connectivity index (χ0n) is 16.1. The van der Waals surface area contributed by atoms with Crippen molar-refractivity contribution in [2.75, 3.05) is 18.0 Å². The van der Waals surface area contributed by atoms with Crippen molar-refractivity contribution in [3.8, 4) is 0 Å². The lowest BCUT2D eigenvalue weighted by Gasteiger charge is -2.23. The fourth-order valence-electron chi connectivity index (χ4n) is 4.20. The summed E-state index contributed by atoms with van der Waals surface area (Å²) in [5.41, 5.74) is 3.35. The minimum Gasteiger partial charge on any atom is -0.481 e. The topological polar surface area (TPSA) is 52.6 Å². The van der Waals surface area contributed by atoms with Gasteiger partial charge < -0.3 is 15.3 Å². The van der Waals surface area contributed by atoms with E-state index in [1.165, 1.54) is 16.3 Å². The van der Waals surface area contributed by atoms with Gasteiger partial charge in [0.2, 0.25) is 0 Å². The molecule has 1 heterocycles. The van der Waals surface area contributed by atoms with Gasteiger partial charge in [0.1, 0.15) is 0 Å². The molecule has 0 aliphatic carbocycles. The first-order chi connectivity index (χ1) is 13.6. The number of anilines is 1. The van der Waals surface area contributed by atoms with Crippen LogP contribution in [0.5, 0.6) is 0 Å². The number of carboxylic acids is 1. The average molecular weight is 374 g/mol. The molecule has 144 valence electrons. The number of nitrogens with one attached hydrogen (secondary N) is 1. The molecular formula is C24H26N2O2. The van der Waals surface area contributed by atoms with Crippen LogP contribution in [-0.2, 0) is 11.2 Å². The number of carboxylic acid groups (broad SMARTS) is 1. The van der Waals surface area contributed by atoms with Gasteiger partial charge in [-0.25, -0.2) is 0 Å². The first kappa shape index (κ1) is 18.5. The molecule has 1 fully saturated rings. The monoisotopic (exact) mass is 374 g/mol. The Morgan fingerprint density at radius 1 is 1.11 bits per heavy atom. The molecule has 4 heteroatoms. The smallest absolute Gasteiger partial charge is 0.307 e. The van der Waals surface area contributed by atoms with Crippen molar-refractivity contribution >= 4 is 22.4 Å². The zero-order valence-corrected chi connectivity index (χ0v) is 16.1. The van der Waals surface area contributed by atoms with Crippen molar-refractivity contribution in [3.63, 3.8) is 0 Å². The number of hydrogen-bond donors (Lipinski definition) is 2. The predicted octanol–water partition coefficient (Wildman–Crippen LogP) is 4.40. The third kappa shape index (κ3) is 4.02. The highest BCUT2D eigenvalue weighted by atomic mass is 16.4. The molecule has 1 saturated heterocycles. The average Bonchev–Trinajstić information content (AvgIpc) is 3.16. The molecule has 0 saturated carbocycles. The molecular weight excluding hydrogens is 348 g/mol. The highest BCUT2D eigenvalue weighted by Gasteiger charge is 2.24. The minimum atomic E-state index is -0.791. The van der Waals surface area contributed by atoms with E-state index in [1.807, 2.05) is 24.3 Å². The van der Waals surface area contributed by atoms with Gasteiger partial charge in [-0.1, -0.05) is 54.6 Å². The summed E-state index contributed by atoms with van der Waals surface area (Å²) in [7, 11) is 0. The number of fused-ring (bicyclic) bond motifs is 1. The molecule has 4 nitrogen and oxygen atoms in total. The number of hydrogen-bond acceptors (Lipinski definition) is 3. The summed E-state index contributed by atoms with van der Waals surface area (Å²) in [6, 6.07) is 23.7. The Labute approximate surface area is 165 Å². The molecule has 1 aliphatic rings. The highest BCUT2D eigenvalue weighted by Crippen LogP contribution is 2.26. The standard InChI is InChI=1S/C24H26N2O2/c1-17(22-8-4-6-19-5-2-3-7-23(19)22)25-20-13-14-26(16-20)21-11-9-18(10-12-21)15-24(27)28/h2-12,17,20,25H,13-16H2,1H3,(H,27,28)/t17?,20-/m0/s1. The maximum absolute atomic E-state index is 10.8. The van der Waals surface area contributed by atoms with Crippen molar-refractivity contribution in [1.29, 1.82) is 0 Å². The highest BCUT2D eigenvalue weighted by molar-refractivity contribution is 5.86. The van der Waals surface area contributed by atoms with Crippen LogP contribution in [0.3, 0.4) is 0 Å². The number of aliphatic carboxylic acids is 1. The van der Waals surface area contributed by atoms with E-state index in [0.29, 0.717) is 6.04 Å². The Morgan fingerprint density at radius 2 is 1.86 bits per heavy atom. The van der Waals surface area contributed by atoms with Crippen molar-refractivity contribution in [3.05, 3.63) is 77.9 Å². The molecule has 3 aromatic carbocycles. The summed E-state index contributed by atoms with van der Waals surface area (Å²) in [5, 5.41) is 15.3. The van der Waals surface area contributed by atoms with Crippen LogP contribution in [0.2, 0.25) is 0 Å². The van der Waals surface area contributed by atoms with Crippen LogP contribution >= 0.6 is 0 Å². The maximum Gasteiger partial charge on any atom is 0.307 e. The van der Waals surface area contributed by atoms with Crippen LogP contribution in [0.1, 0.15) is 30.5 Å². The number of carbonyl (C=O) groups is 1. The van der Waals surface area contributed by atoms with Gasteiger partial charge in [-0.15, -0.1) is 0 Å². The van der Waals surface area contributed by atoms with Gasteiger partial charge in [0.25, 0.3) is 0 Å². The second-order valence-corrected chi connectivity index (χ2v) is 7.63. The molecule has 0 spiro atoms. The summed E-state index contributed by atoms with van der Waals surface area (Å²) in [4.78, 5) is 13.2. The normalized spacial score (nSPS) is 17.8. The third-order valence-electron chi connectivity index (χ3n) is 5.62. The lowest BCUT2D eigenvalue weighted by atomic mass is 9.99. The molecule has 1 unspecified atom stereocenters. The Balaban J connectivity index is 1.41. The Bertz CT molecular complexity index is 963. The fraction of sp³-hybridized carbons (Fsp3) is 0.292. The van der Waals surface area contributed by atoms with Gasteiger partial charge in [0.15, 0.2) is 0 Å². The lowest BCUT2D eigenvalue weighted by molar-refractivity contribution is -0.136. The first-order valence-corrected chi connectivity index (χ1v) is 9.89. The Hall–Kier alpha value is -2.85. The van der Waals surface area contributed by atoms with Gasteiger partial charge in [0, 0.05) is 30.9 Å². The molecule has 2 N–H and O–H groups in total. The molecule has 1 aliphatic heterocycles. The van der Waals surface area contributed by atoms with Crippen LogP contribution in [0.4, 0.5) is 5.69 Å². The van der Waals surface area contributed by atoms with Crippen molar-refractivity contribution in [2.45, 2.75) is 31.8 Å². The molecule has 0 bridgehead atoms. The zero-order chi connectivity index (χ0) is 19.5. The van der Waals surface area contributed by atoms with Crippen molar-refractivity contribution in [2.24, 2.45) is 0 Å². The van der Waals surface area contributed by atoms with E-state index in [4.69, 9.17) is 5.11 Å². The molecule has 4 rings (SSSR count). The van der Waals surface area contributed by atoms with Gasteiger partial charge in [0.05, 0.1) is 6.42 Å². The molecule has 3 aromatic rings. The Morgan fingerprint density at radius 3 is 2.64 bits per heavy atom. The van der Waals surface area contributed by atoms with E-state index >= 15 is 0 Å². The van der Waals surface area contributed by atoms with E-state index in [9.17, 15) is 4.79 Å².